The number of hydrogen-bond donors (Lipinski definition) is 0. The van der Waals surface area contributed by atoms with Crippen molar-refractivity contribution in [2.75, 3.05) is 19.0 Å². The molecule has 0 atom stereocenters. The third kappa shape index (κ3) is 6.51. The van der Waals surface area contributed by atoms with Crippen molar-refractivity contribution in [1.29, 1.82) is 0 Å². The zero-order chi connectivity index (χ0) is 10.8. The normalized spacial score (nSPS) is 9.80. The van der Waals surface area contributed by atoms with Crippen LogP contribution in [-0.2, 0) is 4.74 Å². The number of terminal acetylenes is 1. The monoisotopic (exact) mass is 237 g/mol. The fourth-order valence-electron chi connectivity index (χ4n) is 0.893. The first-order valence-electron chi connectivity index (χ1n) is 4.61. The Balaban J connectivity index is 1.96. The Morgan fingerprint density at radius 2 is 2.13 bits per heavy atom. The molecule has 0 unspecified atom stereocenters. The van der Waals surface area contributed by atoms with Crippen LogP contribution in [0.15, 0.2) is 30.3 Å². The second kappa shape index (κ2) is 8.72. The van der Waals surface area contributed by atoms with Gasteiger partial charge in [-0.2, -0.15) is 0 Å². The quantitative estimate of drug-likeness (QED) is 0.409. The summed E-state index contributed by atoms with van der Waals surface area (Å²) in [5.41, 5.74) is 1.24. The highest BCUT2D eigenvalue weighted by molar-refractivity contribution is 8.77. The third-order valence-corrected chi connectivity index (χ3v) is 3.58. The lowest BCUT2D eigenvalue weighted by Gasteiger charge is -2.00. The van der Waals surface area contributed by atoms with Gasteiger partial charge in [-0.25, -0.2) is 0 Å². The first kappa shape index (κ1) is 12.5. The van der Waals surface area contributed by atoms with Crippen LogP contribution in [0.5, 0.6) is 0 Å². The molecule has 0 aromatic heterocycles. The van der Waals surface area contributed by atoms with Crippen molar-refractivity contribution in [2.24, 2.45) is 0 Å². The van der Waals surface area contributed by atoms with E-state index in [9.17, 15) is 0 Å². The Morgan fingerprint density at radius 3 is 2.87 bits per heavy atom. The van der Waals surface area contributed by atoms with Crippen LogP contribution in [0.3, 0.4) is 0 Å². The summed E-state index contributed by atoms with van der Waals surface area (Å²) < 4.78 is 5.15. The van der Waals surface area contributed by atoms with Gasteiger partial charge in [-0.15, -0.1) is 6.42 Å². The van der Waals surface area contributed by atoms with E-state index in [1.54, 1.807) is 21.6 Å². The van der Waals surface area contributed by atoms with Gasteiger partial charge in [0.15, 0.2) is 0 Å². The van der Waals surface area contributed by atoms with E-state index in [0.717, 1.165) is 5.75 Å². The summed E-state index contributed by atoms with van der Waals surface area (Å²) in [6, 6.07) is 10.3. The van der Waals surface area contributed by atoms with Crippen LogP contribution in [-0.4, -0.2) is 19.0 Å². The van der Waals surface area contributed by atoms with Gasteiger partial charge < -0.3 is 4.74 Å². The summed E-state index contributed by atoms with van der Waals surface area (Å²) in [7, 11) is 3.49. The summed E-state index contributed by atoms with van der Waals surface area (Å²) in [5.74, 6) is 5.52. The molecule has 3 heteroatoms. The summed E-state index contributed by atoms with van der Waals surface area (Å²) >= 11 is 0. The molecule has 79 valence electrons. The van der Waals surface area contributed by atoms with Crippen molar-refractivity contribution < 1.29 is 4.74 Å². The first-order valence-corrected chi connectivity index (χ1v) is 6.99. The van der Waals surface area contributed by atoms with Crippen LogP contribution in [0.4, 0.5) is 0 Å². The second-order valence-corrected chi connectivity index (χ2v) is 5.06. The molecule has 15 heavy (non-hydrogen) atoms. The molecule has 0 aliphatic heterocycles. The average Bonchev–Trinajstić information content (AvgIpc) is 2.29. The maximum absolute atomic E-state index is 5.15. The van der Waals surface area contributed by atoms with Crippen molar-refractivity contribution in [3.63, 3.8) is 0 Å². The summed E-state index contributed by atoms with van der Waals surface area (Å²) in [4.78, 5) is 0. The molecular weight excluding hydrogens is 224 g/mol. The maximum Gasteiger partial charge on any atom is 0.107 e. The minimum atomic E-state index is 0.410. The molecule has 0 saturated carbocycles. The third-order valence-electron chi connectivity index (χ3n) is 1.55. The standard InChI is InChI=1S/C12H13OS2/c1-2-8-13-9-10-14-15-11-12-6-4-3-5-7-12/h1,3-7,11H,8-10H2. The summed E-state index contributed by atoms with van der Waals surface area (Å²) in [6.07, 6.45) is 5.05. The molecule has 0 heterocycles. The molecule has 0 amide bonds. The highest BCUT2D eigenvalue weighted by atomic mass is 33.1. The van der Waals surface area contributed by atoms with Gasteiger partial charge >= 0.3 is 0 Å². The molecule has 0 aliphatic rings. The zero-order valence-corrected chi connectivity index (χ0v) is 10.0. The molecule has 0 spiro atoms. The molecular formula is C12H13OS2. The molecule has 1 nitrogen and oxygen atoms in total. The number of rotatable bonds is 7. The van der Waals surface area contributed by atoms with Crippen LogP contribution in [0.1, 0.15) is 5.56 Å². The average molecular weight is 237 g/mol. The van der Waals surface area contributed by atoms with Crippen molar-refractivity contribution >= 4 is 21.6 Å². The van der Waals surface area contributed by atoms with Gasteiger partial charge in [0, 0.05) is 5.75 Å². The highest BCUT2D eigenvalue weighted by Crippen LogP contribution is 2.27. The first-order chi connectivity index (χ1) is 7.43. The van der Waals surface area contributed by atoms with E-state index >= 15 is 0 Å². The van der Waals surface area contributed by atoms with Gasteiger partial charge in [0.05, 0.1) is 12.4 Å². The SMILES string of the molecule is C#CCOCCSS[CH]c1ccccc1. The van der Waals surface area contributed by atoms with Crippen LogP contribution in [0.2, 0.25) is 0 Å². The van der Waals surface area contributed by atoms with Crippen LogP contribution >= 0.6 is 21.6 Å². The molecule has 1 radical (unpaired) electrons. The van der Waals surface area contributed by atoms with Gasteiger partial charge in [0.25, 0.3) is 0 Å². The van der Waals surface area contributed by atoms with Crippen molar-refractivity contribution in [3.8, 4) is 12.3 Å². The Bertz CT molecular complexity index is 292. The minimum absolute atomic E-state index is 0.410. The smallest absolute Gasteiger partial charge is 0.107 e. The predicted octanol–water partition coefficient (Wildman–Crippen LogP) is 3.23. The van der Waals surface area contributed by atoms with E-state index in [2.05, 4.69) is 23.8 Å². The molecule has 0 aliphatic carbocycles. The van der Waals surface area contributed by atoms with Crippen molar-refractivity contribution in [1.82, 2.24) is 0 Å². The van der Waals surface area contributed by atoms with Gasteiger partial charge in [0.2, 0.25) is 0 Å². The lowest BCUT2D eigenvalue weighted by molar-refractivity contribution is 0.185. The van der Waals surface area contributed by atoms with Crippen LogP contribution in [0.25, 0.3) is 0 Å². The van der Waals surface area contributed by atoms with E-state index in [1.807, 2.05) is 18.2 Å². The van der Waals surface area contributed by atoms with E-state index in [-0.39, 0.29) is 0 Å². The molecule has 0 fully saturated rings. The zero-order valence-electron chi connectivity index (χ0n) is 8.39. The van der Waals surface area contributed by atoms with Crippen molar-refractivity contribution in [2.45, 2.75) is 0 Å². The van der Waals surface area contributed by atoms with Gasteiger partial charge in [-0.1, -0.05) is 57.8 Å². The van der Waals surface area contributed by atoms with Crippen molar-refractivity contribution in [3.05, 3.63) is 41.6 Å². The van der Waals surface area contributed by atoms with Gasteiger partial charge in [0.1, 0.15) is 6.61 Å². The second-order valence-electron chi connectivity index (χ2n) is 2.70. The highest BCUT2D eigenvalue weighted by Gasteiger charge is 1.93. The predicted molar refractivity (Wildman–Crippen MR) is 69.5 cm³/mol. The molecule has 1 aromatic rings. The summed E-state index contributed by atoms with van der Waals surface area (Å²) in [6.45, 7) is 1.12. The van der Waals surface area contributed by atoms with Gasteiger partial charge in [-0.3, -0.25) is 0 Å². The van der Waals surface area contributed by atoms with Crippen LogP contribution < -0.4 is 0 Å². The van der Waals surface area contributed by atoms with E-state index in [1.165, 1.54) is 5.56 Å². The topological polar surface area (TPSA) is 9.23 Å². The Morgan fingerprint density at radius 1 is 1.33 bits per heavy atom. The minimum Gasteiger partial charge on any atom is -0.368 e. The van der Waals surface area contributed by atoms with Crippen LogP contribution in [0, 0.1) is 18.1 Å². The van der Waals surface area contributed by atoms with E-state index in [4.69, 9.17) is 11.2 Å². The molecule has 1 aromatic carbocycles. The summed E-state index contributed by atoms with van der Waals surface area (Å²) in [5, 5.41) is 0. The fourth-order valence-corrected chi connectivity index (χ4v) is 2.54. The molecule has 0 N–H and O–H groups in total. The Labute approximate surface area is 99.4 Å². The Kier molecular flexibility index (Phi) is 7.28. The van der Waals surface area contributed by atoms with E-state index in [0.29, 0.717) is 13.2 Å². The number of ether oxygens (including phenoxy) is 1. The number of hydrogen-bond acceptors (Lipinski definition) is 3. The molecule has 0 saturated heterocycles. The molecule has 1 rings (SSSR count). The number of benzene rings is 1. The van der Waals surface area contributed by atoms with Gasteiger partial charge in [-0.05, 0) is 5.56 Å². The lowest BCUT2D eigenvalue weighted by Crippen LogP contribution is -1.95. The fraction of sp³-hybridized carbons (Fsp3) is 0.250. The Hall–Kier alpha value is -0.560. The maximum atomic E-state index is 5.15. The largest absolute Gasteiger partial charge is 0.368 e. The van der Waals surface area contributed by atoms with E-state index < -0.39 is 0 Å². The lowest BCUT2D eigenvalue weighted by atomic mass is 10.2. The molecule has 0 bridgehead atoms.